The number of aromatic hydroxyl groups is 2. The fourth-order valence-corrected chi connectivity index (χ4v) is 2.35. The molecule has 0 bridgehead atoms. The van der Waals surface area contributed by atoms with Gasteiger partial charge in [0.15, 0.2) is 5.06 Å². The van der Waals surface area contributed by atoms with Gasteiger partial charge >= 0.3 is 0 Å². The highest BCUT2D eigenvalue weighted by atomic mass is 32.1. The summed E-state index contributed by atoms with van der Waals surface area (Å²) >= 11 is 1.33. The highest BCUT2D eigenvalue weighted by Crippen LogP contribution is 2.36. The lowest BCUT2D eigenvalue weighted by Gasteiger charge is -2.01. The van der Waals surface area contributed by atoms with Crippen molar-refractivity contribution in [2.24, 2.45) is 0 Å². The van der Waals surface area contributed by atoms with Crippen LogP contribution in [-0.4, -0.2) is 10.2 Å². The summed E-state index contributed by atoms with van der Waals surface area (Å²) < 4.78 is 1.02. The van der Waals surface area contributed by atoms with Crippen molar-refractivity contribution in [3.8, 4) is 10.8 Å². The third-order valence-corrected chi connectivity index (χ3v) is 3.03. The standard InChI is InChI=1S/C10H10O2S/c1-2-6-7-5-10(12)13-9(7)4-3-8(6)11/h3-5,11-12H,2H2,1H3. The number of hydrogen-bond acceptors (Lipinski definition) is 3. The van der Waals surface area contributed by atoms with Crippen molar-refractivity contribution in [1.82, 2.24) is 0 Å². The van der Waals surface area contributed by atoms with Crippen LogP contribution in [0.3, 0.4) is 0 Å². The van der Waals surface area contributed by atoms with E-state index in [1.54, 1.807) is 12.1 Å². The lowest BCUT2D eigenvalue weighted by atomic mass is 10.1. The van der Waals surface area contributed by atoms with Crippen LogP contribution in [0.4, 0.5) is 0 Å². The van der Waals surface area contributed by atoms with E-state index < -0.39 is 0 Å². The van der Waals surface area contributed by atoms with Crippen molar-refractivity contribution in [2.75, 3.05) is 0 Å². The van der Waals surface area contributed by atoms with Crippen molar-refractivity contribution in [3.05, 3.63) is 23.8 Å². The first-order chi connectivity index (χ1) is 6.22. The van der Waals surface area contributed by atoms with Crippen LogP contribution in [0.25, 0.3) is 10.1 Å². The Labute approximate surface area is 80.1 Å². The van der Waals surface area contributed by atoms with Gasteiger partial charge < -0.3 is 10.2 Å². The minimum atomic E-state index is 0.301. The zero-order chi connectivity index (χ0) is 9.42. The third kappa shape index (κ3) is 1.25. The molecule has 0 aliphatic heterocycles. The lowest BCUT2D eigenvalue weighted by molar-refractivity contribution is 0.470. The number of fused-ring (bicyclic) bond motifs is 1. The number of hydrogen-bond donors (Lipinski definition) is 2. The monoisotopic (exact) mass is 194 g/mol. The second-order valence-electron chi connectivity index (χ2n) is 2.91. The Hall–Kier alpha value is -1.22. The number of phenolic OH excluding ortho intramolecular Hbond substituents is 1. The Morgan fingerprint density at radius 1 is 1.31 bits per heavy atom. The number of phenols is 1. The van der Waals surface area contributed by atoms with Gasteiger partial charge in [-0.1, -0.05) is 18.3 Å². The molecule has 13 heavy (non-hydrogen) atoms. The van der Waals surface area contributed by atoms with Gasteiger partial charge in [0, 0.05) is 15.6 Å². The second-order valence-corrected chi connectivity index (χ2v) is 3.98. The van der Waals surface area contributed by atoms with E-state index in [4.69, 9.17) is 0 Å². The summed E-state index contributed by atoms with van der Waals surface area (Å²) in [5.41, 5.74) is 0.911. The molecule has 0 fully saturated rings. The van der Waals surface area contributed by atoms with Crippen molar-refractivity contribution in [1.29, 1.82) is 0 Å². The average molecular weight is 194 g/mol. The van der Waals surface area contributed by atoms with E-state index >= 15 is 0 Å². The van der Waals surface area contributed by atoms with E-state index in [0.29, 0.717) is 10.8 Å². The van der Waals surface area contributed by atoms with Crippen LogP contribution < -0.4 is 0 Å². The van der Waals surface area contributed by atoms with Crippen LogP contribution >= 0.6 is 11.3 Å². The van der Waals surface area contributed by atoms with Gasteiger partial charge in [-0.05, 0) is 24.6 Å². The van der Waals surface area contributed by atoms with Gasteiger partial charge in [0.2, 0.25) is 0 Å². The number of rotatable bonds is 1. The van der Waals surface area contributed by atoms with Gasteiger partial charge in [0.25, 0.3) is 0 Å². The molecule has 1 heterocycles. The highest BCUT2D eigenvalue weighted by Gasteiger charge is 2.07. The van der Waals surface area contributed by atoms with Gasteiger partial charge in [0.1, 0.15) is 5.75 Å². The molecule has 0 spiro atoms. The van der Waals surface area contributed by atoms with Crippen LogP contribution in [0.15, 0.2) is 18.2 Å². The smallest absolute Gasteiger partial charge is 0.172 e. The van der Waals surface area contributed by atoms with Crippen LogP contribution in [0, 0.1) is 0 Å². The van der Waals surface area contributed by atoms with E-state index in [1.165, 1.54) is 11.3 Å². The zero-order valence-electron chi connectivity index (χ0n) is 7.24. The average Bonchev–Trinajstić information content (AvgIpc) is 2.45. The minimum Gasteiger partial charge on any atom is -0.508 e. The van der Waals surface area contributed by atoms with Crippen LogP contribution in [0.2, 0.25) is 0 Å². The maximum Gasteiger partial charge on any atom is 0.172 e. The molecule has 2 rings (SSSR count). The first-order valence-electron chi connectivity index (χ1n) is 4.15. The third-order valence-electron chi connectivity index (χ3n) is 2.13. The molecule has 0 aliphatic rings. The normalized spacial score (nSPS) is 10.8. The largest absolute Gasteiger partial charge is 0.508 e. The van der Waals surface area contributed by atoms with E-state index in [0.717, 1.165) is 22.1 Å². The summed E-state index contributed by atoms with van der Waals surface area (Å²) in [6, 6.07) is 5.21. The predicted molar refractivity (Wildman–Crippen MR) is 54.5 cm³/mol. The number of aryl methyl sites for hydroxylation is 1. The number of benzene rings is 1. The Bertz CT molecular complexity index is 445. The summed E-state index contributed by atoms with van der Waals surface area (Å²) in [6.07, 6.45) is 0.777. The Morgan fingerprint density at radius 3 is 2.77 bits per heavy atom. The highest BCUT2D eigenvalue weighted by molar-refractivity contribution is 7.20. The molecule has 1 aromatic heterocycles. The van der Waals surface area contributed by atoms with Crippen LogP contribution in [-0.2, 0) is 6.42 Å². The second kappa shape index (κ2) is 2.92. The number of thiophene rings is 1. The van der Waals surface area contributed by atoms with Crippen LogP contribution in [0.5, 0.6) is 10.8 Å². The van der Waals surface area contributed by atoms with Gasteiger partial charge in [0.05, 0.1) is 0 Å². The summed E-state index contributed by atoms with van der Waals surface area (Å²) in [7, 11) is 0. The predicted octanol–water partition coefficient (Wildman–Crippen LogP) is 2.87. The SMILES string of the molecule is CCc1c(O)ccc2sc(O)cc12. The minimum absolute atomic E-state index is 0.301. The van der Waals surface area contributed by atoms with Crippen molar-refractivity contribution in [3.63, 3.8) is 0 Å². The maximum absolute atomic E-state index is 9.54. The van der Waals surface area contributed by atoms with Gasteiger partial charge in [-0.3, -0.25) is 0 Å². The molecular weight excluding hydrogens is 184 g/mol. The molecule has 68 valence electrons. The molecule has 3 heteroatoms. The molecule has 1 aromatic carbocycles. The summed E-state index contributed by atoms with van der Waals surface area (Å²) in [5.74, 6) is 0.313. The van der Waals surface area contributed by atoms with E-state index in [-0.39, 0.29) is 0 Å². The van der Waals surface area contributed by atoms with E-state index in [1.807, 2.05) is 13.0 Å². The molecule has 2 N–H and O–H groups in total. The molecule has 2 aromatic rings. The molecule has 0 radical (unpaired) electrons. The molecule has 0 amide bonds. The summed E-state index contributed by atoms with van der Waals surface area (Å²) in [6.45, 7) is 1.99. The van der Waals surface area contributed by atoms with Gasteiger partial charge in [-0.2, -0.15) is 0 Å². The quantitative estimate of drug-likeness (QED) is 0.732. The maximum atomic E-state index is 9.54. The Morgan fingerprint density at radius 2 is 2.08 bits per heavy atom. The Balaban J connectivity index is 2.82. The molecule has 0 saturated carbocycles. The summed E-state index contributed by atoms with van der Waals surface area (Å²) in [4.78, 5) is 0. The first-order valence-corrected chi connectivity index (χ1v) is 4.97. The van der Waals surface area contributed by atoms with Crippen molar-refractivity contribution < 1.29 is 10.2 Å². The topological polar surface area (TPSA) is 40.5 Å². The molecule has 0 atom stereocenters. The van der Waals surface area contributed by atoms with Gasteiger partial charge in [-0.15, -0.1) is 0 Å². The summed E-state index contributed by atoms with van der Waals surface area (Å²) in [5, 5.41) is 20.1. The van der Waals surface area contributed by atoms with E-state index in [9.17, 15) is 10.2 Å². The Kier molecular flexibility index (Phi) is 1.88. The molecule has 0 saturated heterocycles. The first kappa shape index (κ1) is 8.38. The molecule has 2 nitrogen and oxygen atoms in total. The molecule has 0 unspecified atom stereocenters. The van der Waals surface area contributed by atoms with Crippen molar-refractivity contribution in [2.45, 2.75) is 13.3 Å². The van der Waals surface area contributed by atoms with Crippen LogP contribution in [0.1, 0.15) is 12.5 Å². The molecule has 0 aliphatic carbocycles. The fourth-order valence-electron chi connectivity index (χ4n) is 1.52. The van der Waals surface area contributed by atoms with Crippen molar-refractivity contribution >= 4 is 21.4 Å². The van der Waals surface area contributed by atoms with Gasteiger partial charge in [-0.25, -0.2) is 0 Å². The van der Waals surface area contributed by atoms with E-state index in [2.05, 4.69) is 0 Å². The zero-order valence-corrected chi connectivity index (χ0v) is 8.06. The molecular formula is C10H10O2S. The lowest BCUT2D eigenvalue weighted by Crippen LogP contribution is -1.81. The fraction of sp³-hybridized carbons (Fsp3) is 0.200.